The summed E-state index contributed by atoms with van der Waals surface area (Å²) in [6.45, 7) is 4.08. The van der Waals surface area contributed by atoms with E-state index in [4.69, 9.17) is 11.6 Å². The summed E-state index contributed by atoms with van der Waals surface area (Å²) in [5.41, 5.74) is 0. The third-order valence-electron chi connectivity index (χ3n) is 3.92. The lowest BCUT2D eigenvalue weighted by molar-refractivity contribution is 0.195. The third kappa shape index (κ3) is 2.76. The third-order valence-corrected chi connectivity index (χ3v) is 5.01. The normalized spacial score (nSPS) is 16.8. The van der Waals surface area contributed by atoms with Crippen molar-refractivity contribution in [3.8, 4) is 0 Å². The van der Waals surface area contributed by atoms with E-state index in [9.17, 15) is 0 Å². The molecule has 19 heavy (non-hydrogen) atoms. The molecule has 102 valence electrons. The molecule has 3 nitrogen and oxygen atoms in total. The van der Waals surface area contributed by atoms with Gasteiger partial charge in [-0.3, -0.25) is 4.90 Å². The van der Waals surface area contributed by atoms with Gasteiger partial charge in [-0.2, -0.15) is 0 Å². The lowest BCUT2D eigenvalue weighted by atomic mass is 10.2. The largest absolute Gasteiger partial charge is 0.293 e. The molecular weight excluding hydrogens is 278 g/mol. The van der Waals surface area contributed by atoms with Gasteiger partial charge in [0.2, 0.25) is 0 Å². The van der Waals surface area contributed by atoms with Gasteiger partial charge in [-0.05, 0) is 30.8 Å². The Labute approximate surface area is 122 Å². The van der Waals surface area contributed by atoms with Crippen LogP contribution in [0.15, 0.2) is 11.4 Å². The summed E-state index contributed by atoms with van der Waals surface area (Å²) in [6, 6.07) is 2.69. The number of rotatable bonds is 4. The van der Waals surface area contributed by atoms with Gasteiger partial charge in [-0.15, -0.1) is 11.3 Å². The average Bonchev–Trinajstić information content (AvgIpc) is 3.06. The Morgan fingerprint density at radius 3 is 2.89 bits per heavy atom. The fourth-order valence-electron chi connectivity index (χ4n) is 2.88. The van der Waals surface area contributed by atoms with Gasteiger partial charge in [0.15, 0.2) is 0 Å². The summed E-state index contributed by atoms with van der Waals surface area (Å²) in [4.78, 5) is 12.6. The van der Waals surface area contributed by atoms with Crippen molar-refractivity contribution in [3.05, 3.63) is 22.4 Å². The zero-order valence-corrected chi connectivity index (χ0v) is 12.7. The van der Waals surface area contributed by atoms with E-state index in [-0.39, 0.29) is 0 Å². The van der Waals surface area contributed by atoms with Crippen molar-refractivity contribution in [2.75, 3.05) is 6.54 Å². The zero-order chi connectivity index (χ0) is 13.2. The first kappa shape index (κ1) is 13.3. The van der Waals surface area contributed by atoms with Gasteiger partial charge in [0.25, 0.3) is 0 Å². The second-order valence-corrected chi connectivity index (χ2v) is 6.32. The molecule has 1 aliphatic carbocycles. The van der Waals surface area contributed by atoms with E-state index >= 15 is 0 Å². The van der Waals surface area contributed by atoms with Crippen LogP contribution < -0.4 is 0 Å². The van der Waals surface area contributed by atoms with Crippen molar-refractivity contribution in [3.63, 3.8) is 0 Å². The monoisotopic (exact) mass is 295 g/mol. The smallest absolute Gasteiger partial charge is 0.145 e. The summed E-state index contributed by atoms with van der Waals surface area (Å²) in [5.74, 6) is 0.855. The molecule has 0 radical (unpaired) electrons. The highest BCUT2D eigenvalue weighted by Crippen LogP contribution is 2.27. The van der Waals surface area contributed by atoms with Gasteiger partial charge in [0, 0.05) is 11.4 Å². The summed E-state index contributed by atoms with van der Waals surface area (Å²) < 4.78 is 0. The quantitative estimate of drug-likeness (QED) is 0.795. The molecule has 0 saturated heterocycles. The molecule has 2 heterocycles. The first-order chi connectivity index (χ1) is 9.28. The maximum Gasteiger partial charge on any atom is 0.145 e. The first-order valence-electron chi connectivity index (χ1n) is 6.91. The number of fused-ring (bicyclic) bond motifs is 1. The van der Waals surface area contributed by atoms with Crippen LogP contribution in [-0.4, -0.2) is 27.5 Å². The predicted molar refractivity (Wildman–Crippen MR) is 80.8 cm³/mol. The molecule has 1 saturated carbocycles. The van der Waals surface area contributed by atoms with Crippen LogP contribution in [0.25, 0.3) is 10.2 Å². The Kier molecular flexibility index (Phi) is 4.01. The fraction of sp³-hybridized carbons (Fsp3) is 0.571. The van der Waals surface area contributed by atoms with Gasteiger partial charge in [-0.25, -0.2) is 9.97 Å². The highest BCUT2D eigenvalue weighted by atomic mass is 35.5. The number of halogens is 1. The SMILES string of the molecule is CCN(Cc1nc(Cl)c2ccsc2n1)C1CCCC1. The van der Waals surface area contributed by atoms with E-state index < -0.39 is 0 Å². The number of nitrogens with zero attached hydrogens (tertiary/aromatic N) is 3. The van der Waals surface area contributed by atoms with Crippen LogP contribution in [0, 0.1) is 0 Å². The van der Waals surface area contributed by atoms with Crippen molar-refractivity contribution < 1.29 is 0 Å². The van der Waals surface area contributed by atoms with Crippen LogP contribution in [0.5, 0.6) is 0 Å². The minimum Gasteiger partial charge on any atom is -0.293 e. The highest BCUT2D eigenvalue weighted by molar-refractivity contribution is 7.16. The van der Waals surface area contributed by atoms with Gasteiger partial charge in [0.05, 0.1) is 6.54 Å². The second kappa shape index (κ2) is 5.73. The molecule has 0 spiro atoms. The number of thiophene rings is 1. The molecule has 0 unspecified atom stereocenters. The Hall–Kier alpha value is -0.710. The van der Waals surface area contributed by atoms with Crippen LogP contribution in [0.4, 0.5) is 0 Å². The molecule has 2 aromatic rings. The highest BCUT2D eigenvalue weighted by Gasteiger charge is 2.22. The molecule has 0 aliphatic heterocycles. The van der Waals surface area contributed by atoms with Crippen LogP contribution in [0.2, 0.25) is 5.15 Å². The molecule has 2 aromatic heterocycles. The van der Waals surface area contributed by atoms with Crippen LogP contribution in [-0.2, 0) is 6.54 Å². The van der Waals surface area contributed by atoms with E-state index in [1.807, 2.05) is 11.4 Å². The minimum absolute atomic E-state index is 0.587. The molecule has 1 aliphatic rings. The Balaban J connectivity index is 1.82. The van der Waals surface area contributed by atoms with Crippen molar-refractivity contribution in [2.45, 2.75) is 45.2 Å². The lowest BCUT2D eigenvalue weighted by Gasteiger charge is -2.26. The predicted octanol–water partition coefficient (Wildman–Crippen LogP) is 4.11. The molecule has 0 amide bonds. The van der Waals surface area contributed by atoms with E-state index in [0.717, 1.165) is 29.1 Å². The summed E-state index contributed by atoms with van der Waals surface area (Å²) in [7, 11) is 0. The van der Waals surface area contributed by atoms with Crippen molar-refractivity contribution in [2.24, 2.45) is 0 Å². The molecule has 1 fully saturated rings. The maximum atomic E-state index is 6.23. The maximum absolute atomic E-state index is 6.23. The van der Waals surface area contributed by atoms with E-state index in [2.05, 4.69) is 21.8 Å². The minimum atomic E-state index is 0.587. The van der Waals surface area contributed by atoms with E-state index in [0.29, 0.717) is 11.2 Å². The van der Waals surface area contributed by atoms with Crippen molar-refractivity contribution >= 4 is 33.2 Å². The van der Waals surface area contributed by atoms with Crippen LogP contribution >= 0.6 is 22.9 Å². The standard InChI is InChI=1S/C14H18ClN3S/c1-2-18(10-5-3-4-6-10)9-12-16-13(15)11-7-8-19-14(11)17-12/h7-8,10H,2-6,9H2,1H3. The lowest BCUT2D eigenvalue weighted by Crippen LogP contribution is -2.33. The zero-order valence-electron chi connectivity index (χ0n) is 11.1. The Morgan fingerprint density at radius 2 is 2.16 bits per heavy atom. The Bertz CT molecular complexity index is 563. The molecular formula is C14H18ClN3S. The second-order valence-electron chi connectivity index (χ2n) is 5.07. The molecule has 5 heteroatoms. The summed E-state index contributed by atoms with van der Waals surface area (Å²) >= 11 is 7.86. The molecule has 0 aromatic carbocycles. The topological polar surface area (TPSA) is 29.0 Å². The van der Waals surface area contributed by atoms with E-state index in [1.54, 1.807) is 11.3 Å². The van der Waals surface area contributed by atoms with E-state index in [1.165, 1.54) is 25.7 Å². The van der Waals surface area contributed by atoms with Gasteiger partial charge in [0.1, 0.15) is 15.8 Å². The molecule has 0 N–H and O–H groups in total. The van der Waals surface area contributed by atoms with Crippen LogP contribution in [0.1, 0.15) is 38.4 Å². The fourth-order valence-corrected chi connectivity index (χ4v) is 3.97. The summed E-state index contributed by atoms with van der Waals surface area (Å²) in [5, 5.41) is 3.58. The Morgan fingerprint density at radius 1 is 1.37 bits per heavy atom. The molecule has 0 bridgehead atoms. The van der Waals surface area contributed by atoms with Gasteiger partial charge >= 0.3 is 0 Å². The number of aromatic nitrogens is 2. The number of hydrogen-bond donors (Lipinski definition) is 0. The van der Waals surface area contributed by atoms with Crippen LogP contribution in [0.3, 0.4) is 0 Å². The van der Waals surface area contributed by atoms with Crippen molar-refractivity contribution in [1.82, 2.24) is 14.9 Å². The average molecular weight is 296 g/mol. The first-order valence-corrected chi connectivity index (χ1v) is 8.17. The number of hydrogen-bond acceptors (Lipinski definition) is 4. The summed E-state index contributed by atoms with van der Waals surface area (Å²) in [6.07, 6.45) is 5.32. The molecule has 3 rings (SSSR count). The van der Waals surface area contributed by atoms with Gasteiger partial charge < -0.3 is 0 Å². The van der Waals surface area contributed by atoms with Gasteiger partial charge in [-0.1, -0.05) is 31.4 Å². The molecule has 0 atom stereocenters. The van der Waals surface area contributed by atoms with Crippen molar-refractivity contribution in [1.29, 1.82) is 0 Å².